The van der Waals surface area contributed by atoms with Crippen molar-refractivity contribution in [2.45, 2.75) is 25.9 Å². The van der Waals surface area contributed by atoms with E-state index in [2.05, 4.69) is 10.4 Å². The van der Waals surface area contributed by atoms with Crippen LogP contribution in [0.15, 0.2) is 5.38 Å². The number of methoxy groups -OCH3 is 1. The number of hydrogen-bond acceptors (Lipinski definition) is 4. The van der Waals surface area contributed by atoms with Gasteiger partial charge in [0.15, 0.2) is 0 Å². The molecule has 2 N–H and O–H groups in total. The van der Waals surface area contributed by atoms with Crippen molar-refractivity contribution >= 4 is 11.3 Å². The molecule has 0 amide bonds. The van der Waals surface area contributed by atoms with Crippen molar-refractivity contribution in [2.24, 2.45) is 5.73 Å². The average molecular weight is 200 g/mol. The molecule has 0 aliphatic rings. The molecule has 1 rings (SSSR count). The third-order valence-corrected chi connectivity index (χ3v) is 2.69. The molecule has 0 aliphatic carbocycles. The summed E-state index contributed by atoms with van der Waals surface area (Å²) in [5, 5.41) is 3.25. The van der Waals surface area contributed by atoms with Crippen LogP contribution >= 0.6 is 11.3 Å². The highest BCUT2D eigenvalue weighted by atomic mass is 32.1. The summed E-state index contributed by atoms with van der Waals surface area (Å²) in [6, 6.07) is 0. The zero-order chi connectivity index (χ0) is 9.52. The molecule has 0 bridgehead atoms. The number of aryl methyl sites for hydroxylation is 1. The van der Waals surface area contributed by atoms with Crippen LogP contribution in [-0.2, 0) is 17.8 Å². The Morgan fingerprint density at radius 2 is 2.38 bits per heavy atom. The first-order valence-electron chi connectivity index (χ1n) is 4.49. The summed E-state index contributed by atoms with van der Waals surface area (Å²) in [5.74, 6) is 0. The van der Waals surface area contributed by atoms with E-state index in [0.29, 0.717) is 6.61 Å². The van der Waals surface area contributed by atoms with Gasteiger partial charge in [-0.1, -0.05) is 0 Å². The van der Waals surface area contributed by atoms with E-state index in [9.17, 15) is 0 Å². The van der Waals surface area contributed by atoms with E-state index < -0.39 is 0 Å². The third-order valence-electron chi connectivity index (χ3n) is 1.74. The van der Waals surface area contributed by atoms with Crippen molar-refractivity contribution < 1.29 is 4.74 Å². The van der Waals surface area contributed by atoms with Crippen LogP contribution in [0.3, 0.4) is 0 Å². The van der Waals surface area contributed by atoms with Gasteiger partial charge in [0.1, 0.15) is 0 Å². The topological polar surface area (TPSA) is 48.1 Å². The molecule has 1 heterocycles. The maximum atomic E-state index is 5.41. The lowest BCUT2D eigenvalue weighted by Gasteiger charge is -1.94. The Labute approximate surface area is 82.9 Å². The van der Waals surface area contributed by atoms with E-state index >= 15 is 0 Å². The number of rotatable bonds is 6. The molecule has 1 aromatic heterocycles. The number of unbranched alkanes of at least 4 members (excludes halogenated alkanes) is 1. The van der Waals surface area contributed by atoms with Crippen molar-refractivity contribution in [3.8, 4) is 0 Å². The van der Waals surface area contributed by atoms with Gasteiger partial charge >= 0.3 is 0 Å². The van der Waals surface area contributed by atoms with Gasteiger partial charge in [0, 0.05) is 12.5 Å². The molecule has 0 spiro atoms. The third kappa shape index (κ3) is 3.85. The SMILES string of the molecule is COCc1csc(CCCCN)n1. The molecule has 0 saturated carbocycles. The van der Waals surface area contributed by atoms with Gasteiger partial charge in [-0.25, -0.2) is 4.98 Å². The van der Waals surface area contributed by atoms with Gasteiger partial charge in [-0.3, -0.25) is 0 Å². The van der Waals surface area contributed by atoms with Crippen LogP contribution in [0.25, 0.3) is 0 Å². The second-order valence-electron chi connectivity index (χ2n) is 2.91. The minimum atomic E-state index is 0.618. The fraction of sp³-hybridized carbons (Fsp3) is 0.667. The molecule has 3 nitrogen and oxygen atoms in total. The van der Waals surface area contributed by atoms with E-state index in [0.717, 1.165) is 31.5 Å². The predicted octanol–water partition coefficient (Wildman–Crippen LogP) is 1.57. The average Bonchev–Trinajstić information content (AvgIpc) is 2.54. The molecule has 0 saturated heterocycles. The van der Waals surface area contributed by atoms with Gasteiger partial charge in [-0.05, 0) is 25.8 Å². The molecule has 0 aromatic carbocycles. The molecule has 4 heteroatoms. The van der Waals surface area contributed by atoms with E-state index in [1.54, 1.807) is 18.4 Å². The fourth-order valence-corrected chi connectivity index (χ4v) is 1.92. The van der Waals surface area contributed by atoms with Crippen LogP contribution in [-0.4, -0.2) is 18.6 Å². The number of nitrogens with two attached hydrogens (primary N) is 1. The summed E-state index contributed by atoms with van der Waals surface area (Å²) in [7, 11) is 1.69. The lowest BCUT2D eigenvalue weighted by molar-refractivity contribution is 0.182. The number of aromatic nitrogens is 1. The first-order valence-corrected chi connectivity index (χ1v) is 5.37. The lowest BCUT2D eigenvalue weighted by Crippen LogP contribution is -1.99. The second-order valence-corrected chi connectivity index (χ2v) is 3.85. The molecule has 0 radical (unpaired) electrons. The highest BCUT2D eigenvalue weighted by molar-refractivity contribution is 7.09. The first-order chi connectivity index (χ1) is 6.36. The van der Waals surface area contributed by atoms with Crippen molar-refractivity contribution in [1.82, 2.24) is 4.98 Å². The van der Waals surface area contributed by atoms with E-state index in [4.69, 9.17) is 10.5 Å². The normalized spacial score (nSPS) is 10.6. The van der Waals surface area contributed by atoms with Crippen LogP contribution in [0, 0.1) is 0 Å². The number of thiazole rings is 1. The Bertz CT molecular complexity index is 237. The summed E-state index contributed by atoms with van der Waals surface area (Å²) >= 11 is 1.71. The fourth-order valence-electron chi connectivity index (χ4n) is 1.10. The summed E-state index contributed by atoms with van der Waals surface area (Å²) in [6.45, 7) is 1.39. The molecule has 1 aromatic rings. The van der Waals surface area contributed by atoms with Gasteiger partial charge in [-0.2, -0.15) is 0 Å². The molecular weight excluding hydrogens is 184 g/mol. The molecular formula is C9H16N2OS. The first kappa shape index (κ1) is 10.6. The summed E-state index contributed by atoms with van der Waals surface area (Å²) < 4.78 is 4.99. The highest BCUT2D eigenvalue weighted by Crippen LogP contribution is 2.12. The number of ether oxygens (including phenoxy) is 1. The maximum Gasteiger partial charge on any atom is 0.0929 e. The number of nitrogens with zero attached hydrogens (tertiary/aromatic N) is 1. The van der Waals surface area contributed by atoms with Crippen molar-refractivity contribution in [3.05, 3.63) is 16.1 Å². The second kappa shape index (κ2) is 6.07. The summed E-state index contributed by atoms with van der Waals surface area (Å²) in [6.07, 6.45) is 3.27. The molecule has 74 valence electrons. The Morgan fingerprint density at radius 3 is 3.08 bits per heavy atom. The zero-order valence-corrected chi connectivity index (χ0v) is 8.77. The van der Waals surface area contributed by atoms with Crippen LogP contribution in [0.5, 0.6) is 0 Å². The highest BCUT2D eigenvalue weighted by Gasteiger charge is 2.00. The zero-order valence-electron chi connectivity index (χ0n) is 7.95. The van der Waals surface area contributed by atoms with Crippen LogP contribution in [0.2, 0.25) is 0 Å². The molecule has 13 heavy (non-hydrogen) atoms. The molecule has 0 fully saturated rings. The van der Waals surface area contributed by atoms with Crippen molar-refractivity contribution in [3.63, 3.8) is 0 Å². The summed E-state index contributed by atoms with van der Waals surface area (Å²) in [5.41, 5.74) is 6.45. The minimum absolute atomic E-state index is 0.618. The van der Waals surface area contributed by atoms with Gasteiger partial charge in [-0.15, -0.1) is 11.3 Å². The number of hydrogen-bond donors (Lipinski definition) is 1. The van der Waals surface area contributed by atoms with Crippen LogP contribution in [0.4, 0.5) is 0 Å². The summed E-state index contributed by atoms with van der Waals surface area (Å²) in [4.78, 5) is 4.42. The largest absolute Gasteiger partial charge is 0.378 e. The van der Waals surface area contributed by atoms with Gasteiger partial charge < -0.3 is 10.5 Å². The Hall–Kier alpha value is -0.450. The Kier molecular flexibility index (Phi) is 4.97. The van der Waals surface area contributed by atoms with E-state index in [1.165, 1.54) is 5.01 Å². The quantitative estimate of drug-likeness (QED) is 0.709. The smallest absolute Gasteiger partial charge is 0.0929 e. The monoisotopic (exact) mass is 200 g/mol. The van der Waals surface area contributed by atoms with Gasteiger partial charge in [0.2, 0.25) is 0 Å². The van der Waals surface area contributed by atoms with Crippen molar-refractivity contribution in [2.75, 3.05) is 13.7 Å². The Morgan fingerprint density at radius 1 is 1.54 bits per heavy atom. The molecule has 0 unspecified atom stereocenters. The van der Waals surface area contributed by atoms with Gasteiger partial charge in [0.05, 0.1) is 17.3 Å². The standard InChI is InChI=1S/C9H16N2OS/c1-12-6-8-7-13-9(11-8)4-2-3-5-10/h7H,2-6,10H2,1H3. The van der Waals surface area contributed by atoms with Crippen molar-refractivity contribution in [1.29, 1.82) is 0 Å². The van der Waals surface area contributed by atoms with E-state index in [-0.39, 0.29) is 0 Å². The maximum absolute atomic E-state index is 5.41. The predicted molar refractivity (Wildman–Crippen MR) is 54.8 cm³/mol. The van der Waals surface area contributed by atoms with Gasteiger partial charge in [0.25, 0.3) is 0 Å². The minimum Gasteiger partial charge on any atom is -0.378 e. The Balaban J connectivity index is 2.31. The van der Waals surface area contributed by atoms with Crippen LogP contribution in [0.1, 0.15) is 23.5 Å². The molecule has 0 atom stereocenters. The lowest BCUT2D eigenvalue weighted by atomic mass is 10.2. The van der Waals surface area contributed by atoms with E-state index in [1.807, 2.05) is 0 Å². The molecule has 0 aliphatic heterocycles. The van der Waals surface area contributed by atoms with Crippen LogP contribution < -0.4 is 5.73 Å².